The van der Waals surface area contributed by atoms with Gasteiger partial charge in [0.1, 0.15) is 11.8 Å². The molecule has 0 aliphatic rings. The van der Waals surface area contributed by atoms with Crippen LogP contribution in [0.4, 0.5) is 0 Å². The molecule has 1 aromatic heterocycles. The van der Waals surface area contributed by atoms with E-state index < -0.39 is 11.5 Å². The number of aryl methyl sites for hydroxylation is 1. The van der Waals surface area contributed by atoms with Crippen molar-refractivity contribution in [1.82, 2.24) is 9.88 Å². The van der Waals surface area contributed by atoms with Crippen molar-refractivity contribution in [2.24, 2.45) is 0 Å². The van der Waals surface area contributed by atoms with E-state index in [0.29, 0.717) is 11.6 Å². The lowest BCUT2D eigenvalue weighted by Gasteiger charge is -2.31. The van der Waals surface area contributed by atoms with E-state index >= 15 is 0 Å². The third-order valence-corrected chi connectivity index (χ3v) is 2.73. The zero-order valence-electron chi connectivity index (χ0n) is 10.4. The number of aromatic nitrogens is 1. The zero-order chi connectivity index (χ0) is 13.2. The van der Waals surface area contributed by atoms with E-state index in [1.54, 1.807) is 6.92 Å². The maximum Gasteiger partial charge on any atom is 0.329 e. The molecule has 1 amide bonds. The molecule has 0 atom stereocenters. The number of carbonyl (C=O) groups is 2. The molecule has 0 unspecified atom stereocenters. The second kappa shape index (κ2) is 4.57. The minimum absolute atomic E-state index is 0.0323. The Morgan fingerprint density at radius 3 is 2.53 bits per heavy atom. The van der Waals surface area contributed by atoms with Gasteiger partial charge in [0.2, 0.25) is 5.91 Å². The third kappa shape index (κ3) is 2.83. The van der Waals surface area contributed by atoms with Gasteiger partial charge in [-0.3, -0.25) is 4.79 Å². The molecule has 6 nitrogen and oxygen atoms in total. The van der Waals surface area contributed by atoms with Gasteiger partial charge >= 0.3 is 5.97 Å². The van der Waals surface area contributed by atoms with Crippen LogP contribution in [0, 0.1) is 6.92 Å². The Morgan fingerprint density at radius 1 is 1.53 bits per heavy atom. The number of nitrogens with zero attached hydrogens (tertiary/aromatic N) is 2. The van der Waals surface area contributed by atoms with Crippen LogP contribution in [-0.4, -0.2) is 39.5 Å². The van der Waals surface area contributed by atoms with Gasteiger partial charge in [0, 0.05) is 14.0 Å². The lowest BCUT2D eigenvalue weighted by Crippen LogP contribution is -2.51. The Kier molecular flexibility index (Phi) is 3.55. The van der Waals surface area contributed by atoms with Gasteiger partial charge in [0.25, 0.3) is 0 Å². The molecule has 0 aliphatic carbocycles. The first-order valence-electron chi connectivity index (χ1n) is 5.16. The summed E-state index contributed by atoms with van der Waals surface area (Å²) in [6.45, 7) is 4.63. The number of likely N-dealkylation sites (N-methyl/N-ethyl adjacent to an activating group) is 1. The minimum atomic E-state index is -1.24. The molecule has 0 radical (unpaired) electrons. The molecule has 0 spiro atoms. The maximum absolute atomic E-state index is 11.9. The quantitative estimate of drug-likeness (QED) is 0.843. The van der Waals surface area contributed by atoms with Crippen LogP contribution in [0.5, 0.6) is 0 Å². The zero-order valence-corrected chi connectivity index (χ0v) is 10.4. The minimum Gasteiger partial charge on any atom is -0.480 e. The highest BCUT2D eigenvalue weighted by Gasteiger charge is 2.35. The number of amides is 1. The fourth-order valence-electron chi connectivity index (χ4n) is 1.22. The molecule has 1 aromatic rings. The molecule has 0 saturated heterocycles. The standard InChI is InChI=1S/C11H16N2O4/c1-7-12-8(6-17-7)5-9(14)13(4)11(2,3)10(15)16/h6H,5H2,1-4H3,(H,15,16). The average Bonchev–Trinajstić information content (AvgIpc) is 2.62. The first kappa shape index (κ1) is 13.2. The van der Waals surface area contributed by atoms with Crippen molar-refractivity contribution in [3.63, 3.8) is 0 Å². The van der Waals surface area contributed by atoms with Crippen molar-refractivity contribution >= 4 is 11.9 Å². The highest BCUT2D eigenvalue weighted by molar-refractivity contribution is 5.86. The lowest BCUT2D eigenvalue weighted by atomic mass is 10.0. The van der Waals surface area contributed by atoms with Crippen LogP contribution >= 0.6 is 0 Å². The molecule has 1 N–H and O–H groups in total. The summed E-state index contributed by atoms with van der Waals surface area (Å²) in [5.41, 5.74) is -0.740. The Morgan fingerprint density at radius 2 is 2.12 bits per heavy atom. The summed E-state index contributed by atoms with van der Waals surface area (Å²) in [7, 11) is 1.46. The molecule has 1 rings (SSSR count). The second-order valence-corrected chi connectivity index (χ2v) is 4.35. The molecule has 0 fully saturated rings. The average molecular weight is 240 g/mol. The van der Waals surface area contributed by atoms with E-state index in [2.05, 4.69) is 4.98 Å². The topological polar surface area (TPSA) is 83.6 Å². The molecule has 6 heteroatoms. The number of carbonyl (C=O) groups excluding carboxylic acids is 1. The summed E-state index contributed by atoms with van der Waals surface area (Å²) in [6, 6.07) is 0. The van der Waals surface area contributed by atoms with Crippen LogP contribution in [-0.2, 0) is 16.0 Å². The van der Waals surface area contributed by atoms with Crippen LogP contribution in [0.3, 0.4) is 0 Å². The Hall–Kier alpha value is -1.85. The van der Waals surface area contributed by atoms with Crippen molar-refractivity contribution in [3.8, 4) is 0 Å². The number of carboxylic acid groups (broad SMARTS) is 1. The lowest BCUT2D eigenvalue weighted by molar-refractivity contribution is -0.155. The van der Waals surface area contributed by atoms with Gasteiger partial charge in [-0.1, -0.05) is 0 Å². The fourth-order valence-corrected chi connectivity index (χ4v) is 1.22. The first-order chi connectivity index (χ1) is 7.75. The van der Waals surface area contributed by atoms with Gasteiger partial charge in [-0.2, -0.15) is 0 Å². The van der Waals surface area contributed by atoms with Crippen molar-refractivity contribution in [2.75, 3.05) is 7.05 Å². The Balaban J connectivity index is 2.74. The summed E-state index contributed by atoms with van der Waals surface area (Å²) < 4.78 is 4.98. The summed E-state index contributed by atoms with van der Waals surface area (Å²) in [6.07, 6.45) is 1.43. The second-order valence-electron chi connectivity index (χ2n) is 4.35. The van der Waals surface area contributed by atoms with Gasteiger partial charge in [0.15, 0.2) is 5.89 Å². The number of aliphatic carboxylic acids is 1. The molecule has 0 aliphatic heterocycles. The van der Waals surface area contributed by atoms with Crippen LogP contribution in [0.15, 0.2) is 10.7 Å². The summed E-state index contributed by atoms with van der Waals surface area (Å²) in [4.78, 5) is 28.0. The fraction of sp³-hybridized carbons (Fsp3) is 0.545. The number of carboxylic acids is 1. The predicted molar refractivity (Wildman–Crippen MR) is 59.4 cm³/mol. The molecule has 0 aromatic carbocycles. The Labute approximate surface area is 99.2 Å². The Bertz CT molecular complexity index is 436. The maximum atomic E-state index is 11.9. The van der Waals surface area contributed by atoms with Crippen molar-refractivity contribution < 1.29 is 19.1 Å². The van der Waals surface area contributed by atoms with Gasteiger partial charge in [-0.15, -0.1) is 0 Å². The van der Waals surface area contributed by atoms with Gasteiger partial charge in [-0.05, 0) is 13.8 Å². The van der Waals surface area contributed by atoms with E-state index in [4.69, 9.17) is 9.52 Å². The summed E-state index contributed by atoms with van der Waals surface area (Å²) >= 11 is 0. The first-order valence-corrected chi connectivity index (χ1v) is 5.16. The molecular weight excluding hydrogens is 224 g/mol. The molecular formula is C11H16N2O4. The number of rotatable bonds is 4. The highest BCUT2D eigenvalue weighted by atomic mass is 16.4. The van der Waals surface area contributed by atoms with Crippen LogP contribution in [0.25, 0.3) is 0 Å². The molecule has 17 heavy (non-hydrogen) atoms. The van der Waals surface area contributed by atoms with Crippen LogP contribution < -0.4 is 0 Å². The van der Waals surface area contributed by atoms with E-state index in [9.17, 15) is 9.59 Å². The van der Waals surface area contributed by atoms with E-state index in [1.165, 1.54) is 32.1 Å². The number of hydrogen-bond acceptors (Lipinski definition) is 4. The monoisotopic (exact) mass is 240 g/mol. The smallest absolute Gasteiger partial charge is 0.329 e. The predicted octanol–water partition coefficient (Wildman–Crippen LogP) is 0.847. The largest absolute Gasteiger partial charge is 0.480 e. The molecule has 94 valence electrons. The van der Waals surface area contributed by atoms with E-state index in [1.807, 2.05) is 0 Å². The summed E-state index contributed by atoms with van der Waals surface area (Å²) in [5, 5.41) is 9.00. The molecule has 0 saturated carbocycles. The number of oxazole rings is 1. The molecule has 1 heterocycles. The van der Waals surface area contributed by atoms with Gasteiger partial charge in [0.05, 0.1) is 12.1 Å². The van der Waals surface area contributed by atoms with Crippen LogP contribution in [0.2, 0.25) is 0 Å². The SMILES string of the molecule is Cc1nc(CC(=O)N(C)C(C)(C)C(=O)O)co1. The summed E-state index contributed by atoms with van der Waals surface area (Å²) in [5.74, 6) is -0.886. The normalized spacial score (nSPS) is 11.3. The van der Waals surface area contributed by atoms with Gasteiger partial charge in [-0.25, -0.2) is 9.78 Å². The molecule has 0 bridgehead atoms. The van der Waals surface area contributed by atoms with Crippen molar-refractivity contribution in [1.29, 1.82) is 0 Å². The van der Waals surface area contributed by atoms with Crippen molar-refractivity contribution in [2.45, 2.75) is 32.7 Å². The van der Waals surface area contributed by atoms with Gasteiger partial charge < -0.3 is 14.4 Å². The van der Waals surface area contributed by atoms with Crippen LogP contribution in [0.1, 0.15) is 25.4 Å². The van der Waals surface area contributed by atoms with Crippen molar-refractivity contribution in [3.05, 3.63) is 17.8 Å². The van der Waals surface area contributed by atoms with E-state index in [-0.39, 0.29) is 12.3 Å². The highest BCUT2D eigenvalue weighted by Crippen LogP contribution is 2.14. The van der Waals surface area contributed by atoms with E-state index in [0.717, 1.165) is 0 Å². The number of hydrogen-bond donors (Lipinski definition) is 1. The third-order valence-electron chi connectivity index (χ3n) is 2.73.